The predicted octanol–water partition coefficient (Wildman–Crippen LogP) is 2.65. The van der Waals surface area contributed by atoms with Crippen LogP contribution in [0.4, 0.5) is 0 Å². The van der Waals surface area contributed by atoms with Crippen LogP contribution in [0.3, 0.4) is 0 Å². The number of hydrogen-bond acceptors (Lipinski definition) is 1. The monoisotopic (exact) mass is 142 g/mol. The Morgan fingerprint density at radius 2 is 1.80 bits per heavy atom. The molecule has 0 saturated carbocycles. The summed E-state index contributed by atoms with van der Waals surface area (Å²) in [5, 5.41) is 0. The number of Topliss-reactive ketones (excluding diaryl/α,β-unsaturated/α-hetero) is 1. The molecule has 0 amide bonds. The zero-order chi connectivity index (χ0) is 8.15. The highest BCUT2D eigenvalue weighted by Crippen LogP contribution is 2.16. The van der Waals surface area contributed by atoms with Gasteiger partial charge in [-0.15, -0.1) is 0 Å². The average Bonchev–Trinajstić information content (AvgIpc) is 2.00. The van der Waals surface area contributed by atoms with Crippen molar-refractivity contribution in [1.82, 2.24) is 0 Å². The van der Waals surface area contributed by atoms with Crippen molar-refractivity contribution in [2.45, 2.75) is 40.5 Å². The SMILES string of the molecule is CCC(=O)C(C)C(C)CC. The first-order valence-corrected chi connectivity index (χ1v) is 4.16. The Bertz CT molecular complexity index is 107. The smallest absolute Gasteiger partial charge is 0.135 e. The van der Waals surface area contributed by atoms with E-state index in [1.807, 2.05) is 13.8 Å². The molecule has 0 aliphatic carbocycles. The molecule has 1 heteroatoms. The number of ketones is 1. The third kappa shape index (κ3) is 2.51. The van der Waals surface area contributed by atoms with E-state index >= 15 is 0 Å². The Balaban J connectivity index is 3.81. The van der Waals surface area contributed by atoms with Gasteiger partial charge in [0.15, 0.2) is 0 Å². The summed E-state index contributed by atoms with van der Waals surface area (Å²) >= 11 is 0. The second kappa shape index (κ2) is 4.48. The van der Waals surface area contributed by atoms with Gasteiger partial charge in [-0.1, -0.05) is 34.1 Å². The predicted molar refractivity (Wildman–Crippen MR) is 43.9 cm³/mol. The second-order valence-electron chi connectivity index (χ2n) is 2.99. The summed E-state index contributed by atoms with van der Waals surface area (Å²) in [5.74, 6) is 1.21. The van der Waals surface area contributed by atoms with Gasteiger partial charge in [0.05, 0.1) is 0 Å². The fraction of sp³-hybridized carbons (Fsp3) is 0.889. The zero-order valence-corrected chi connectivity index (χ0v) is 7.48. The van der Waals surface area contributed by atoms with E-state index in [4.69, 9.17) is 0 Å². The first kappa shape index (κ1) is 9.67. The van der Waals surface area contributed by atoms with E-state index in [0.717, 1.165) is 6.42 Å². The van der Waals surface area contributed by atoms with Crippen molar-refractivity contribution in [3.8, 4) is 0 Å². The Labute approximate surface area is 63.8 Å². The van der Waals surface area contributed by atoms with Crippen LogP contribution in [0.15, 0.2) is 0 Å². The lowest BCUT2D eigenvalue weighted by Crippen LogP contribution is -2.17. The lowest BCUT2D eigenvalue weighted by Gasteiger charge is -2.15. The lowest BCUT2D eigenvalue weighted by atomic mass is 9.89. The van der Waals surface area contributed by atoms with Crippen molar-refractivity contribution in [3.63, 3.8) is 0 Å². The van der Waals surface area contributed by atoms with E-state index < -0.39 is 0 Å². The summed E-state index contributed by atoms with van der Waals surface area (Å²) in [4.78, 5) is 11.1. The fourth-order valence-corrected chi connectivity index (χ4v) is 0.993. The standard InChI is InChI=1S/C9H18O/c1-5-7(3)8(4)9(10)6-2/h7-8H,5-6H2,1-4H3. The highest BCUT2D eigenvalue weighted by molar-refractivity contribution is 5.80. The third-order valence-corrected chi connectivity index (χ3v) is 2.35. The van der Waals surface area contributed by atoms with Crippen LogP contribution >= 0.6 is 0 Å². The zero-order valence-electron chi connectivity index (χ0n) is 7.48. The van der Waals surface area contributed by atoms with Crippen LogP contribution in [-0.2, 0) is 4.79 Å². The van der Waals surface area contributed by atoms with Crippen LogP contribution in [0.2, 0.25) is 0 Å². The van der Waals surface area contributed by atoms with E-state index in [2.05, 4.69) is 13.8 Å². The van der Waals surface area contributed by atoms with E-state index in [1.165, 1.54) is 0 Å². The molecule has 0 spiro atoms. The molecule has 60 valence electrons. The van der Waals surface area contributed by atoms with E-state index in [-0.39, 0.29) is 5.92 Å². The first-order chi connectivity index (χ1) is 4.63. The van der Waals surface area contributed by atoms with Gasteiger partial charge in [0, 0.05) is 12.3 Å². The van der Waals surface area contributed by atoms with E-state index in [0.29, 0.717) is 18.1 Å². The van der Waals surface area contributed by atoms with Crippen molar-refractivity contribution in [1.29, 1.82) is 0 Å². The molecule has 1 nitrogen and oxygen atoms in total. The first-order valence-electron chi connectivity index (χ1n) is 4.16. The molecule has 0 fully saturated rings. The summed E-state index contributed by atoms with van der Waals surface area (Å²) in [7, 11) is 0. The minimum atomic E-state index is 0.259. The topological polar surface area (TPSA) is 17.1 Å². The van der Waals surface area contributed by atoms with Gasteiger partial charge < -0.3 is 0 Å². The molecule has 0 aliphatic heterocycles. The van der Waals surface area contributed by atoms with Gasteiger partial charge >= 0.3 is 0 Å². The maximum Gasteiger partial charge on any atom is 0.135 e. The van der Waals surface area contributed by atoms with Crippen molar-refractivity contribution in [3.05, 3.63) is 0 Å². The summed E-state index contributed by atoms with van der Waals surface area (Å²) < 4.78 is 0. The molecule has 0 rings (SSSR count). The van der Waals surface area contributed by atoms with Gasteiger partial charge in [0.2, 0.25) is 0 Å². The Hall–Kier alpha value is -0.330. The molecular formula is C9H18O. The summed E-state index contributed by atoms with van der Waals surface area (Å²) in [5.41, 5.74) is 0. The number of carbonyl (C=O) groups excluding carboxylic acids is 1. The molecule has 0 heterocycles. The van der Waals surface area contributed by atoms with Crippen LogP contribution in [0.25, 0.3) is 0 Å². The largest absolute Gasteiger partial charge is 0.299 e. The molecular weight excluding hydrogens is 124 g/mol. The van der Waals surface area contributed by atoms with Crippen LogP contribution in [0.1, 0.15) is 40.5 Å². The quantitative estimate of drug-likeness (QED) is 0.589. The van der Waals surface area contributed by atoms with E-state index in [1.54, 1.807) is 0 Å². The molecule has 10 heavy (non-hydrogen) atoms. The Morgan fingerprint density at radius 1 is 1.30 bits per heavy atom. The Morgan fingerprint density at radius 3 is 2.10 bits per heavy atom. The molecule has 0 aliphatic rings. The molecule has 0 radical (unpaired) electrons. The third-order valence-electron chi connectivity index (χ3n) is 2.35. The highest BCUT2D eigenvalue weighted by atomic mass is 16.1. The molecule has 0 saturated heterocycles. The average molecular weight is 142 g/mol. The molecule has 0 aromatic carbocycles. The van der Waals surface area contributed by atoms with Crippen LogP contribution < -0.4 is 0 Å². The summed E-state index contributed by atoms with van der Waals surface area (Å²) in [6, 6.07) is 0. The van der Waals surface area contributed by atoms with Gasteiger partial charge in [-0.3, -0.25) is 4.79 Å². The molecule has 2 unspecified atom stereocenters. The van der Waals surface area contributed by atoms with Crippen LogP contribution in [0, 0.1) is 11.8 Å². The maximum atomic E-state index is 11.1. The lowest BCUT2D eigenvalue weighted by molar-refractivity contribution is -0.123. The molecule has 0 aromatic heterocycles. The molecule has 0 N–H and O–H groups in total. The number of hydrogen-bond donors (Lipinski definition) is 0. The van der Waals surface area contributed by atoms with Crippen LogP contribution in [-0.4, -0.2) is 5.78 Å². The normalized spacial score (nSPS) is 16.4. The van der Waals surface area contributed by atoms with Gasteiger partial charge in [-0.05, 0) is 5.92 Å². The van der Waals surface area contributed by atoms with Gasteiger partial charge in [-0.25, -0.2) is 0 Å². The number of rotatable bonds is 4. The Kier molecular flexibility index (Phi) is 4.33. The van der Waals surface area contributed by atoms with Gasteiger partial charge in [-0.2, -0.15) is 0 Å². The summed E-state index contributed by atoms with van der Waals surface area (Å²) in [6.45, 7) is 8.23. The highest BCUT2D eigenvalue weighted by Gasteiger charge is 2.15. The maximum absolute atomic E-state index is 11.1. The minimum Gasteiger partial charge on any atom is -0.299 e. The second-order valence-corrected chi connectivity index (χ2v) is 2.99. The van der Waals surface area contributed by atoms with Crippen molar-refractivity contribution < 1.29 is 4.79 Å². The van der Waals surface area contributed by atoms with Crippen molar-refractivity contribution in [2.75, 3.05) is 0 Å². The molecule has 2 atom stereocenters. The number of carbonyl (C=O) groups is 1. The summed E-state index contributed by atoms with van der Waals surface area (Å²) in [6.07, 6.45) is 1.79. The van der Waals surface area contributed by atoms with Gasteiger partial charge in [0.1, 0.15) is 5.78 Å². The molecule has 0 bridgehead atoms. The van der Waals surface area contributed by atoms with Crippen molar-refractivity contribution >= 4 is 5.78 Å². The fourth-order valence-electron chi connectivity index (χ4n) is 0.993. The van der Waals surface area contributed by atoms with Crippen molar-refractivity contribution in [2.24, 2.45) is 11.8 Å². The van der Waals surface area contributed by atoms with E-state index in [9.17, 15) is 4.79 Å². The van der Waals surface area contributed by atoms with Gasteiger partial charge in [0.25, 0.3) is 0 Å². The van der Waals surface area contributed by atoms with Crippen LogP contribution in [0.5, 0.6) is 0 Å². The minimum absolute atomic E-state index is 0.259. The molecule has 0 aromatic rings.